The van der Waals surface area contributed by atoms with Gasteiger partial charge in [-0.1, -0.05) is 50.6 Å². The molecule has 0 saturated carbocycles. The molecular weight excluding hydrogens is 248 g/mol. The van der Waals surface area contributed by atoms with E-state index in [2.05, 4.69) is 48.7 Å². The summed E-state index contributed by atoms with van der Waals surface area (Å²) in [5.74, 6) is 0.158. The molecule has 1 aliphatic heterocycles. The topological polar surface area (TPSA) is 41.1 Å². The molecule has 2 N–H and O–H groups in total. The van der Waals surface area contributed by atoms with Crippen molar-refractivity contribution >= 4 is 5.91 Å². The van der Waals surface area contributed by atoms with Gasteiger partial charge in [0.1, 0.15) is 0 Å². The highest BCUT2D eigenvalue weighted by Crippen LogP contribution is 2.21. The minimum atomic E-state index is 0.0104. The molecule has 1 atom stereocenters. The predicted octanol–water partition coefficient (Wildman–Crippen LogP) is 2.51. The van der Waals surface area contributed by atoms with Crippen molar-refractivity contribution in [1.82, 2.24) is 10.6 Å². The van der Waals surface area contributed by atoms with E-state index in [1.165, 1.54) is 12.0 Å². The zero-order valence-corrected chi connectivity index (χ0v) is 12.6. The van der Waals surface area contributed by atoms with Crippen LogP contribution < -0.4 is 10.6 Å². The lowest BCUT2D eigenvalue weighted by Crippen LogP contribution is -2.48. The Labute approximate surface area is 122 Å². The van der Waals surface area contributed by atoms with E-state index < -0.39 is 0 Å². The lowest BCUT2D eigenvalue weighted by molar-refractivity contribution is -0.124. The average molecular weight is 274 g/mol. The predicted molar refractivity (Wildman–Crippen MR) is 82.6 cm³/mol. The normalized spacial score (nSPS) is 19.6. The van der Waals surface area contributed by atoms with Gasteiger partial charge in [-0.05, 0) is 36.8 Å². The summed E-state index contributed by atoms with van der Waals surface area (Å²) in [6, 6.07) is 10.5. The van der Waals surface area contributed by atoms with Crippen LogP contribution in [0.15, 0.2) is 30.3 Å². The second-order valence-electron chi connectivity index (χ2n) is 6.55. The van der Waals surface area contributed by atoms with Crippen LogP contribution in [0.25, 0.3) is 0 Å². The van der Waals surface area contributed by atoms with Gasteiger partial charge < -0.3 is 10.6 Å². The van der Waals surface area contributed by atoms with Crippen LogP contribution in [0.5, 0.6) is 0 Å². The molecule has 1 heterocycles. The summed E-state index contributed by atoms with van der Waals surface area (Å²) in [5, 5.41) is 6.40. The van der Waals surface area contributed by atoms with Crippen molar-refractivity contribution in [2.75, 3.05) is 13.1 Å². The number of nitrogens with one attached hydrogen (secondary N) is 2. The molecule has 1 unspecified atom stereocenters. The third-order valence-corrected chi connectivity index (χ3v) is 3.89. The first-order valence-electron chi connectivity index (χ1n) is 7.62. The van der Waals surface area contributed by atoms with E-state index in [9.17, 15) is 4.79 Å². The van der Waals surface area contributed by atoms with Gasteiger partial charge in [0.15, 0.2) is 0 Å². The minimum Gasteiger partial charge on any atom is -0.354 e. The molecule has 3 heteroatoms. The maximum atomic E-state index is 12.1. The van der Waals surface area contributed by atoms with Crippen LogP contribution in [0.2, 0.25) is 0 Å². The van der Waals surface area contributed by atoms with Gasteiger partial charge in [0.25, 0.3) is 0 Å². The van der Waals surface area contributed by atoms with Gasteiger partial charge in [0.2, 0.25) is 5.91 Å². The molecule has 0 bridgehead atoms. The third kappa shape index (κ3) is 4.64. The van der Waals surface area contributed by atoms with Crippen LogP contribution in [-0.4, -0.2) is 25.0 Å². The van der Waals surface area contributed by atoms with Crippen molar-refractivity contribution in [3.63, 3.8) is 0 Å². The highest BCUT2D eigenvalue weighted by Gasteiger charge is 2.24. The highest BCUT2D eigenvalue weighted by molar-refractivity contribution is 5.81. The number of carbonyl (C=O) groups is 1. The Morgan fingerprint density at radius 1 is 1.30 bits per heavy atom. The molecule has 0 aliphatic carbocycles. The first kappa shape index (κ1) is 15.0. The van der Waals surface area contributed by atoms with Crippen molar-refractivity contribution in [2.24, 2.45) is 5.41 Å². The second kappa shape index (κ2) is 6.89. The molecule has 2 rings (SSSR count). The van der Waals surface area contributed by atoms with Crippen molar-refractivity contribution < 1.29 is 4.79 Å². The Morgan fingerprint density at radius 2 is 2.05 bits per heavy atom. The summed E-state index contributed by atoms with van der Waals surface area (Å²) in [4.78, 5) is 12.1. The van der Waals surface area contributed by atoms with E-state index in [1.807, 2.05) is 6.07 Å². The number of piperidine rings is 1. The van der Waals surface area contributed by atoms with Crippen LogP contribution in [0.4, 0.5) is 0 Å². The number of hydrogen-bond donors (Lipinski definition) is 2. The average Bonchev–Trinajstić information content (AvgIpc) is 2.46. The van der Waals surface area contributed by atoms with E-state index in [1.54, 1.807) is 0 Å². The summed E-state index contributed by atoms with van der Waals surface area (Å²) in [7, 11) is 0. The molecule has 3 nitrogen and oxygen atoms in total. The first-order valence-corrected chi connectivity index (χ1v) is 7.62. The van der Waals surface area contributed by atoms with Gasteiger partial charge in [-0.2, -0.15) is 0 Å². The van der Waals surface area contributed by atoms with Crippen LogP contribution in [0, 0.1) is 5.41 Å². The van der Waals surface area contributed by atoms with Crippen LogP contribution in [0.3, 0.4) is 0 Å². The number of carbonyl (C=O) groups excluding carboxylic acids is 1. The fourth-order valence-electron chi connectivity index (χ4n) is 2.74. The van der Waals surface area contributed by atoms with Crippen molar-refractivity contribution in [1.29, 1.82) is 0 Å². The van der Waals surface area contributed by atoms with E-state index in [0.29, 0.717) is 0 Å². The smallest absolute Gasteiger partial charge is 0.237 e. The van der Waals surface area contributed by atoms with Crippen LogP contribution >= 0.6 is 0 Å². The van der Waals surface area contributed by atoms with Gasteiger partial charge in [0, 0.05) is 6.54 Å². The first-order chi connectivity index (χ1) is 9.57. The summed E-state index contributed by atoms with van der Waals surface area (Å²) in [6.45, 7) is 6.09. The zero-order valence-electron chi connectivity index (χ0n) is 12.6. The maximum absolute atomic E-state index is 12.1. The van der Waals surface area contributed by atoms with Gasteiger partial charge in [-0.3, -0.25) is 4.79 Å². The van der Waals surface area contributed by atoms with Gasteiger partial charge in [-0.15, -0.1) is 0 Å². The van der Waals surface area contributed by atoms with E-state index in [4.69, 9.17) is 0 Å². The van der Waals surface area contributed by atoms with E-state index >= 15 is 0 Å². The van der Waals surface area contributed by atoms with Crippen LogP contribution in [-0.2, 0) is 11.2 Å². The summed E-state index contributed by atoms with van der Waals surface area (Å²) >= 11 is 0. The molecule has 1 saturated heterocycles. The van der Waals surface area contributed by atoms with Gasteiger partial charge >= 0.3 is 0 Å². The molecule has 1 aliphatic rings. The third-order valence-electron chi connectivity index (χ3n) is 3.89. The molecule has 1 aromatic rings. The SMILES string of the molecule is CC(C)(CNC(=O)C1CCCCN1)Cc1ccccc1. The van der Waals surface area contributed by atoms with Crippen molar-refractivity contribution in [2.45, 2.75) is 45.6 Å². The Morgan fingerprint density at radius 3 is 2.70 bits per heavy atom. The Balaban J connectivity index is 1.80. The highest BCUT2D eigenvalue weighted by atomic mass is 16.2. The molecule has 1 amide bonds. The molecule has 0 spiro atoms. The molecule has 1 aromatic carbocycles. The quantitative estimate of drug-likeness (QED) is 0.866. The molecule has 0 aromatic heterocycles. The zero-order chi connectivity index (χ0) is 14.4. The second-order valence-corrected chi connectivity index (χ2v) is 6.55. The standard InChI is InChI=1S/C17H26N2O/c1-17(2,12-14-8-4-3-5-9-14)13-19-16(20)15-10-6-7-11-18-15/h3-5,8-9,15,18H,6-7,10-13H2,1-2H3,(H,19,20). The number of hydrogen-bond acceptors (Lipinski definition) is 2. The van der Waals surface area contributed by atoms with Gasteiger partial charge in [0.05, 0.1) is 6.04 Å². The maximum Gasteiger partial charge on any atom is 0.237 e. The van der Waals surface area contributed by atoms with Crippen molar-refractivity contribution in [3.8, 4) is 0 Å². The molecule has 1 fully saturated rings. The number of benzene rings is 1. The van der Waals surface area contributed by atoms with Crippen molar-refractivity contribution in [3.05, 3.63) is 35.9 Å². The largest absolute Gasteiger partial charge is 0.354 e. The fraction of sp³-hybridized carbons (Fsp3) is 0.588. The molecule has 110 valence electrons. The molecule has 0 radical (unpaired) electrons. The Hall–Kier alpha value is -1.35. The Kier molecular flexibility index (Phi) is 5.18. The molecular formula is C17H26N2O. The van der Waals surface area contributed by atoms with E-state index in [-0.39, 0.29) is 17.4 Å². The monoisotopic (exact) mass is 274 g/mol. The minimum absolute atomic E-state index is 0.0104. The summed E-state index contributed by atoms with van der Waals surface area (Å²) in [6.07, 6.45) is 4.28. The summed E-state index contributed by atoms with van der Waals surface area (Å²) < 4.78 is 0. The van der Waals surface area contributed by atoms with E-state index in [0.717, 1.165) is 32.4 Å². The molecule has 20 heavy (non-hydrogen) atoms. The lowest BCUT2D eigenvalue weighted by Gasteiger charge is -2.28. The number of rotatable bonds is 5. The summed E-state index contributed by atoms with van der Waals surface area (Å²) in [5.41, 5.74) is 1.40. The fourth-order valence-corrected chi connectivity index (χ4v) is 2.74. The number of amides is 1. The lowest BCUT2D eigenvalue weighted by atomic mass is 9.85. The van der Waals surface area contributed by atoms with Gasteiger partial charge in [-0.25, -0.2) is 0 Å². The Bertz CT molecular complexity index is 422. The van der Waals surface area contributed by atoms with Crippen LogP contribution in [0.1, 0.15) is 38.7 Å².